The summed E-state index contributed by atoms with van der Waals surface area (Å²) < 4.78 is 2.65. The molecule has 1 spiro atoms. The molecule has 1 aromatic heterocycles. The molecule has 3 aliphatic carbocycles. The number of hydrogen-bond acceptors (Lipinski definition) is 2. The van der Waals surface area contributed by atoms with E-state index in [1.54, 1.807) is 11.1 Å². The number of fused-ring (bicyclic) bond motifs is 11. The maximum atomic E-state index is 2.46. The fraction of sp³-hybridized carbons (Fsp3) is 0.143. The first-order valence-corrected chi connectivity index (χ1v) is 19.3. The zero-order valence-corrected chi connectivity index (χ0v) is 29.2. The number of hydrogen-bond donors (Lipinski definition) is 0. The minimum absolute atomic E-state index is 0.192. The van der Waals surface area contributed by atoms with Gasteiger partial charge in [0.05, 0.1) is 0 Å². The maximum Gasteiger partial charge on any atom is 0.0468 e. The van der Waals surface area contributed by atoms with E-state index >= 15 is 0 Å². The maximum absolute atomic E-state index is 2.46. The number of thiophene rings is 1. The van der Waals surface area contributed by atoms with Crippen molar-refractivity contribution in [2.24, 2.45) is 11.8 Å². The predicted molar refractivity (Wildman–Crippen MR) is 217 cm³/mol. The molecule has 3 unspecified atom stereocenters. The van der Waals surface area contributed by atoms with Gasteiger partial charge in [0.15, 0.2) is 0 Å². The molecule has 3 atom stereocenters. The average Bonchev–Trinajstić information content (AvgIpc) is 3.97. The molecule has 2 heteroatoms. The summed E-state index contributed by atoms with van der Waals surface area (Å²) in [5.41, 5.74) is 14.8. The van der Waals surface area contributed by atoms with E-state index in [0.29, 0.717) is 0 Å². The highest BCUT2D eigenvalue weighted by molar-refractivity contribution is 7.25. The molecule has 2 bridgehead atoms. The van der Waals surface area contributed by atoms with E-state index in [9.17, 15) is 0 Å². The van der Waals surface area contributed by atoms with Gasteiger partial charge in [-0.05, 0) is 124 Å². The van der Waals surface area contributed by atoms with E-state index in [-0.39, 0.29) is 5.41 Å². The Kier molecular flexibility index (Phi) is 6.48. The molecule has 0 N–H and O–H groups in total. The molecule has 0 aliphatic heterocycles. The Balaban J connectivity index is 1.03. The Morgan fingerprint density at radius 2 is 1.14 bits per heavy atom. The van der Waals surface area contributed by atoms with Gasteiger partial charge in [0.1, 0.15) is 0 Å². The molecule has 1 heterocycles. The predicted octanol–water partition coefficient (Wildman–Crippen LogP) is 13.9. The first kappa shape index (κ1) is 29.3. The molecule has 2 saturated carbocycles. The minimum atomic E-state index is 0.192. The molecule has 0 amide bonds. The van der Waals surface area contributed by atoms with E-state index in [2.05, 4.69) is 169 Å². The van der Waals surface area contributed by atoms with Crippen LogP contribution in [-0.4, -0.2) is 0 Å². The highest BCUT2D eigenvalue weighted by Gasteiger charge is 2.56. The Morgan fingerprint density at radius 1 is 0.490 bits per heavy atom. The fourth-order valence-electron chi connectivity index (χ4n) is 10.2. The molecule has 0 saturated heterocycles. The first-order valence-electron chi connectivity index (χ1n) is 18.5. The summed E-state index contributed by atoms with van der Waals surface area (Å²) in [5, 5.41) is 2.63. The van der Waals surface area contributed by atoms with Crippen LogP contribution >= 0.6 is 11.3 Å². The normalized spacial score (nSPS) is 19.9. The van der Waals surface area contributed by atoms with Crippen LogP contribution in [0.2, 0.25) is 0 Å². The van der Waals surface area contributed by atoms with Crippen molar-refractivity contribution in [1.82, 2.24) is 0 Å². The van der Waals surface area contributed by atoms with Crippen molar-refractivity contribution in [3.05, 3.63) is 175 Å². The molecular formula is C49H37NS. The monoisotopic (exact) mass is 671 g/mol. The van der Waals surface area contributed by atoms with Gasteiger partial charge in [-0.1, -0.05) is 122 Å². The Bertz CT molecular complexity index is 2600. The van der Waals surface area contributed by atoms with Crippen LogP contribution in [0.5, 0.6) is 0 Å². The van der Waals surface area contributed by atoms with Crippen molar-refractivity contribution < 1.29 is 0 Å². The van der Waals surface area contributed by atoms with Gasteiger partial charge in [0.2, 0.25) is 0 Å². The zero-order valence-electron chi connectivity index (χ0n) is 28.4. The largest absolute Gasteiger partial charge is 0.310 e. The standard InChI is InChI=1S/C49H37NS/c1-2-9-33(10-3-1)34-18-23-37(24-19-34)50(39-27-28-47-43(30-39)41-11-5-7-16-46(41)51-47)38-25-20-35(21-26-38)40-13-8-15-45-48(40)42-12-4-6-14-44(42)49(45)31-32-17-22-36(49)29-32/h1-16,18-21,23-28,30,32,36H,17,22,29,31H2. The summed E-state index contributed by atoms with van der Waals surface area (Å²) >= 11 is 1.87. The van der Waals surface area contributed by atoms with Crippen LogP contribution in [0.1, 0.15) is 36.8 Å². The first-order chi connectivity index (χ1) is 25.2. The molecule has 7 aromatic carbocycles. The molecule has 51 heavy (non-hydrogen) atoms. The van der Waals surface area contributed by atoms with Gasteiger partial charge in [-0.2, -0.15) is 0 Å². The van der Waals surface area contributed by atoms with Crippen LogP contribution in [0.3, 0.4) is 0 Å². The fourth-order valence-corrected chi connectivity index (χ4v) is 11.3. The molecule has 1 nitrogen and oxygen atoms in total. The van der Waals surface area contributed by atoms with Crippen molar-refractivity contribution in [2.45, 2.75) is 31.1 Å². The summed E-state index contributed by atoms with van der Waals surface area (Å²) in [6.45, 7) is 0. The van der Waals surface area contributed by atoms with Crippen molar-refractivity contribution in [3.8, 4) is 33.4 Å². The van der Waals surface area contributed by atoms with Crippen LogP contribution in [0.4, 0.5) is 17.1 Å². The van der Waals surface area contributed by atoms with Gasteiger partial charge in [-0.15, -0.1) is 11.3 Å². The van der Waals surface area contributed by atoms with Crippen LogP contribution in [-0.2, 0) is 5.41 Å². The number of benzene rings is 7. The summed E-state index contributed by atoms with van der Waals surface area (Å²) in [5.74, 6) is 1.64. The molecular weight excluding hydrogens is 635 g/mol. The third-order valence-corrected chi connectivity index (χ3v) is 13.5. The molecule has 2 fully saturated rings. The lowest BCUT2D eigenvalue weighted by Crippen LogP contribution is -2.31. The van der Waals surface area contributed by atoms with Gasteiger partial charge in [0, 0.05) is 42.6 Å². The van der Waals surface area contributed by atoms with Crippen molar-refractivity contribution in [2.75, 3.05) is 4.90 Å². The smallest absolute Gasteiger partial charge is 0.0468 e. The summed E-state index contributed by atoms with van der Waals surface area (Å²) in [7, 11) is 0. The molecule has 0 radical (unpaired) electrons. The second-order valence-corrected chi connectivity index (χ2v) is 16.0. The van der Waals surface area contributed by atoms with Crippen LogP contribution in [0.25, 0.3) is 53.6 Å². The summed E-state index contributed by atoms with van der Waals surface area (Å²) in [6, 6.07) is 61.2. The molecule has 11 rings (SSSR count). The Hall–Kier alpha value is -5.44. The van der Waals surface area contributed by atoms with Crippen LogP contribution in [0.15, 0.2) is 164 Å². The lowest BCUT2D eigenvalue weighted by molar-refractivity contribution is 0.327. The number of nitrogens with zero attached hydrogens (tertiary/aromatic N) is 1. The van der Waals surface area contributed by atoms with Gasteiger partial charge in [0.25, 0.3) is 0 Å². The van der Waals surface area contributed by atoms with Crippen LogP contribution in [0, 0.1) is 11.8 Å². The van der Waals surface area contributed by atoms with E-state index in [4.69, 9.17) is 0 Å². The van der Waals surface area contributed by atoms with Crippen molar-refractivity contribution >= 4 is 48.6 Å². The van der Waals surface area contributed by atoms with E-state index in [1.807, 2.05) is 11.3 Å². The Morgan fingerprint density at radius 3 is 1.92 bits per heavy atom. The molecule has 8 aromatic rings. The van der Waals surface area contributed by atoms with Crippen molar-refractivity contribution in [1.29, 1.82) is 0 Å². The summed E-state index contributed by atoms with van der Waals surface area (Å²) in [6.07, 6.45) is 5.48. The number of anilines is 3. The van der Waals surface area contributed by atoms with Crippen molar-refractivity contribution in [3.63, 3.8) is 0 Å². The minimum Gasteiger partial charge on any atom is -0.310 e. The quantitative estimate of drug-likeness (QED) is 0.176. The van der Waals surface area contributed by atoms with Gasteiger partial charge < -0.3 is 4.90 Å². The lowest BCUT2D eigenvalue weighted by Gasteiger charge is -2.36. The zero-order chi connectivity index (χ0) is 33.5. The van der Waals surface area contributed by atoms with Crippen LogP contribution < -0.4 is 4.90 Å². The van der Waals surface area contributed by atoms with E-state index in [1.165, 1.54) is 84.9 Å². The molecule has 3 aliphatic rings. The lowest BCUT2D eigenvalue weighted by atomic mass is 9.66. The second kappa shape index (κ2) is 11.3. The summed E-state index contributed by atoms with van der Waals surface area (Å²) in [4.78, 5) is 2.42. The average molecular weight is 672 g/mol. The van der Waals surface area contributed by atoms with E-state index < -0.39 is 0 Å². The highest BCUT2D eigenvalue weighted by Crippen LogP contribution is 2.66. The molecule has 244 valence electrons. The third kappa shape index (κ3) is 4.39. The van der Waals surface area contributed by atoms with Gasteiger partial charge in [-0.25, -0.2) is 0 Å². The topological polar surface area (TPSA) is 3.24 Å². The second-order valence-electron chi connectivity index (χ2n) is 14.9. The number of rotatable bonds is 5. The third-order valence-electron chi connectivity index (χ3n) is 12.4. The van der Waals surface area contributed by atoms with Gasteiger partial charge >= 0.3 is 0 Å². The Labute approximate surface area is 303 Å². The highest BCUT2D eigenvalue weighted by atomic mass is 32.1. The van der Waals surface area contributed by atoms with Gasteiger partial charge in [-0.3, -0.25) is 0 Å². The SMILES string of the molecule is c1ccc(-c2ccc(N(c3ccc(-c4cccc5c4-c4ccccc4C54CC5CCC4C5)cc3)c3ccc4sc5ccccc5c4c3)cc2)cc1. The van der Waals surface area contributed by atoms with E-state index in [0.717, 1.165) is 23.2 Å².